The highest BCUT2D eigenvalue weighted by atomic mass is 16.5. The molecule has 1 unspecified atom stereocenters. The first-order valence-corrected chi connectivity index (χ1v) is 12.4. The van der Waals surface area contributed by atoms with Crippen LogP contribution in [0.2, 0.25) is 0 Å². The van der Waals surface area contributed by atoms with Gasteiger partial charge < -0.3 is 14.2 Å². The Morgan fingerprint density at radius 1 is 1.06 bits per heavy atom. The lowest BCUT2D eigenvalue weighted by Crippen LogP contribution is -2.06. The van der Waals surface area contributed by atoms with E-state index in [1.807, 2.05) is 87.8 Å². The van der Waals surface area contributed by atoms with E-state index in [-0.39, 0.29) is 6.10 Å². The predicted octanol–water partition coefficient (Wildman–Crippen LogP) is 7.46. The molecule has 1 atom stereocenters. The topological polar surface area (TPSA) is 52.9 Å². The minimum Gasteiger partial charge on any atom is -0.501 e. The van der Waals surface area contributed by atoms with Crippen molar-refractivity contribution in [3.8, 4) is 11.5 Å². The highest BCUT2D eigenvalue weighted by molar-refractivity contribution is 5.84. The van der Waals surface area contributed by atoms with Gasteiger partial charge in [-0.2, -0.15) is 0 Å². The highest BCUT2D eigenvalue weighted by Gasteiger charge is 2.17. The van der Waals surface area contributed by atoms with E-state index in [0.29, 0.717) is 12.5 Å². The Morgan fingerprint density at radius 2 is 1.83 bits per heavy atom. The summed E-state index contributed by atoms with van der Waals surface area (Å²) < 4.78 is 17.5. The van der Waals surface area contributed by atoms with Gasteiger partial charge in [0.25, 0.3) is 0 Å². The SMILES string of the molecule is COC1=CC=C(c2cnc(C)c(N=Cc3cc(OCc4ccccc4)cc(OC(C)C)c3)c2)CC1C. The molecule has 0 aliphatic heterocycles. The molecular weight excluding hydrogens is 448 g/mol. The number of ether oxygens (including phenoxy) is 3. The molecule has 1 heterocycles. The van der Waals surface area contributed by atoms with Crippen LogP contribution in [0.4, 0.5) is 5.69 Å². The number of hydrogen-bond donors (Lipinski definition) is 0. The molecule has 1 aromatic heterocycles. The third-order valence-electron chi connectivity index (χ3n) is 6.00. The van der Waals surface area contributed by atoms with Crippen LogP contribution in [0, 0.1) is 12.8 Å². The molecule has 3 aromatic rings. The fourth-order valence-electron chi connectivity index (χ4n) is 4.13. The lowest BCUT2D eigenvalue weighted by Gasteiger charge is -2.20. The Labute approximate surface area is 214 Å². The normalized spacial score (nSPS) is 15.6. The smallest absolute Gasteiger partial charge is 0.124 e. The van der Waals surface area contributed by atoms with Crippen molar-refractivity contribution in [3.63, 3.8) is 0 Å². The van der Waals surface area contributed by atoms with Gasteiger partial charge in [0.15, 0.2) is 0 Å². The number of aromatic nitrogens is 1. The van der Waals surface area contributed by atoms with Gasteiger partial charge in [-0.25, -0.2) is 0 Å². The van der Waals surface area contributed by atoms with E-state index >= 15 is 0 Å². The van der Waals surface area contributed by atoms with Crippen LogP contribution in [-0.2, 0) is 11.3 Å². The molecule has 0 spiro atoms. The number of allylic oxidation sites excluding steroid dienone is 4. The third kappa shape index (κ3) is 6.63. The van der Waals surface area contributed by atoms with Gasteiger partial charge in [-0.15, -0.1) is 0 Å². The molecule has 0 radical (unpaired) electrons. The van der Waals surface area contributed by atoms with Crippen molar-refractivity contribution >= 4 is 17.5 Å². The molecule has 0 bridgehead atoms. The number of aryl methyl sites for hydroxylation is 1. The van der Waals surface area contributed by atoms with E-state index < -0.39 is 0 Å². The van der Waals surface area contributed by atoms with Crippen LogP contribution < -0.4 is 9.47 Å². The summed E-state index contributed by atoms with van der Waals surface area (Å²) in [5, 5.41) is 0. The number of methoxy groups -OCH3 is 1. The number of nitrogens with zero attached hydrogens (tertiary/aromatic N) is 2. The Bertz CT molecular complexity index is 1280. The average Bonchev–Trinajstić information content (AvgIpc) is 2.87. The molecule has 2 aromatic carbocycles. The van der Waals surface area contributed by atoms with Gasteiger partial charge in [-0.3, -0.25) is 9.98 Å². The number of aliphatic imine (C=N–C) groups is 1. The van der Waals surface area contributed by atoms with E-state index in [2.05, 4.69) is 24.1 Å². The van der Waals surface area contributed by atoms with Crippen molar-refractivity contribution < 1.29 is 14.2 Å². The Balaban J connectivity index is 1.58. The molecule has 5 nitrogen and oxygen atoms in total. The van der Waals surface area contributed by atoms with Gasteiger partial charge in [-0.1, -0.05) is 43.3 Å². The van der Waals surface area contributed by atoms with Gasteiger partial charge in [0.05, 0.1) is 30.4 Å². The number of rotatable bonds is 9. The van der Waals surface area contributed by atoms with E-state index in [1.165, 1.54) is 5.57 Å². The van der Waals surface area contributed by atoms with Gasteiger partial charge in [0.2, 0.25) is 0 Å². The largest absolute Gasteiger partial charge is 0.501 e. The second-order valence-electron chi connectivity index (χ2n) is 9.34. The van der Waals surface area contributed by atoms with Crippen LogP contribution in [0.15, 0.2) is 83.7 Å². The van der Waals surface area contributed by atoms with E-state index in [0.717, 1.165) is 51.8 Å². The third-order valence-corrected chi connectivity index (χ3v) is 6.00. The summed E-state index contributed by atoms with van der Waals surface area (Å²) in [4.78, 5) is 9.41. The molecule has 1 aliphatic rings. The zero-order valence-corrected chi connectivity index (χ0v) is 21.7. The standard InChI is InChI=1S/C31H34N2O3/c1-21(2)36-29-15-25(14-28(17-29)35-20-24-9-7-6-8-10-24)18-33-30-16-27(19-32-23(30)4)26-11-12-31(34-5)22(3)13-26/h6-12,14-19,21-22H,13,20H2,1-5H3. The van der Waals surface area contributed by atoms with Crippen molar-refractivity contribution in [1.82, 2.24) is 4.98 Å². The van der Waals surface area contributed by atoms with Gasteiger partial charge in [-0.05, 0) is 68.2 Å². The first kappa shape index (κ1) is 25.2. The van der Waals surface area contributed by atoms with Gasteiger partial charge >= 0.3 is 0 Å². The van der Waals surface area contributed by atoms with E-state index in [1.54, 1.807) is 7.11 Å². The van der Waals surface area contributed by atoms with Gasteiger partial charge in [0, 0.05) is 30.0 Å². The monoisotopic (exact) mass is 482 g/mol. The lowest BCUT2D eigenvalue weighted by molar-refractivity contribution is 0.239. The fraction of sp³-hybridized carbons (Fsp3) is 0.290. The minimum atomic E-state index is 0.0566. The maximum atomic E-state index is 6.08. The molecule has 0 N–H and O–H groups in total. The molecule has 0 saturated carbocycles. The van der Waals surface area contributed by atoms with Gasteiger partial charge in [0.1, 0.15) is 18.1 Å². The minimum absolute atomic E-state index is 0.0566. The van der Waals surface area contributed by atoms with E-state index in [9.17, 15) is 0 Å². The summed E-state index contributed by atoms with van der Waals surface area (Å²) in [6, 6.07) is 18.1. The summed E-state index contributed by atoms with van der Waals surface area (Å²) in [6.45, 7) is 8.66. The molecule has 36 heavy (non-hydrogen) atoms. The molecular formula is C31H34N2O3. The Kier molecular flexibility index (Phi) is 8.21. The van der Waals surface area contributed by atoms with Crippen LogP contribution in [0.5, 0.6) is 11.5 Å². The zero-order chi connectivity index (χ0) is 25.5. The molecule has 5 heteroatoms. The summed E-state index contributed by atoms with van der Waals surface area (Å²) in [5.74, 6) is 2.83. The van der Waals surface area contributed by atoms with Crippen LogP contribution in [-0.4, -0.2) is 24.4 Å². The maximum absolute atomic E-state index is 6.08. The molecule has 0 fully saturated rings. The lowest BCUT2D eigenvalue weighted by atomic mass is 9.90. The summed E-state index contributed by atoms with van der Waals surface area (Å²) in [7, 11) is 1.72. The second kappa shape index (κ2) is 11.7. The van der Waals surface area contributed by atoms with Crippen LogP contribution in [0.1, 0.15) is 49.6 Å². The predicted molar refractivity (Wildman–Crippen MR) is 146 cm³/mol. The zero-order valence-electron chi connectivity index (χ0n) is 21.7. The van der Waals surface area contributed by atoms with Crippen molar-refractivity contribution in [3.05, 3.63) is 101 Å². The molecule has 186 valence electrons. The molecule has 0 amide bonds. The molecule has 1 aliphatic carbocycles. The number of benzene rings is 2. The first-order valence-electron chi connectivity index (χ1n) is 12.4. The average molecular weight is 483 g/mol. The highest BCUT2D eigenvalue weighted by Crippen LogP contribution is 2.33. The maximum Gasteiger partial charge on any atom is 0.124 e. The quantitative estimate of drug-likeness (QED) is 0.297. The summed E-state index contributed by atoms with van der Waals surface area (Å²) in [5.41, 5.74) is 6.04. The summed E-state index contributed by atoms with van der Waals surface area (Å²) in [6.07, 6.45) is 8.89. The van der Waals surface area contributed by atoms with Crippen molar-refractivity contribution in [2.45, 2.75) is 46.8 Å². The second-order valence-corrected chi connectivity index (χ2v) is 9.34. The molecule has 4 rings (SSSR count). The number of pyridine rings is 1. The van der Waals surface area contributed by atoms with Crippen molar-refractivity contribution in [1.29, 1.82) is 0 Å². The van der Waals surface area contributed by atoms with Crippen molar-refractivity contribution in [2.75, 3.05) is 7.11 Å². The number of hydrogen-bond acceptors (Lipinski definition) is 5. The Hall–Kier alpha value is -3.86. The Morgan fingerprint density at radius 3 is 2.56 bits per heavy atom. The fourth-order valence-corrected chi connectivity index (χ4v) is 4.13. The van der Waals surface area contributed by atoms with Crippen molar-refractivity contribution in [2.24, 2.45) is 10.9 Å². The molecule has 0 saturated heterocycles. The van der Waals surface area contributed by atoms with Crippen LogP contribution in [0.3, 0.4) is 0 Å². The van der Waals surface area contributed by atoms with Crippen LogP contribution >= 0.6 is 0 Å². The van der Waals surface area contributed by atoms with Crippen LogP contribution in [0.25, 0.3) is 5.57 Å². The summed E-state index contributed by atoms with van der Waals surface area (Å²) >= 11 is 0. The van der Waals surface area contributed by atoms with E-state index in [4.69, 9.17) is 19.2 Å². The first-order chi connectivity index (χ1) is 17.4.